The highest BCUT2D eigenvalue weighted by Crippen LogP contribution is 2.23. The van der Waals surface area contributed by atoms with E-state index in [1.807, 2.05) is 0 Å². The third kappa shape index (κ3) is 2.80. The Morgan fingerprint density at radius 1 is 1.39 bits per heavy atom. The number of amides is 1. The van der Waals surface area contributed by atoms with Gasteiger partial charge in [-0.2, -0.15) is 0 Å². The molecular weight excluding hydrogens is 318 g/mol. The van der Waals surface area contributed by atoms with Gasteiger partial charge in [0.25, 0.3) is 5.91 Å². The molecule has 1 amide bonds. The van der Waals surface area contributed by atoms with Crippen LogP contribution in [0.15, 0.2) is 41.0 Å². The maximum atomic E-state index is 12.1. The Hall–Kier alpha value is -1.59. The van der Waals surface area contributed by atoms with E-state index >= 15 is 0 Å². The van der Waals surface area contributed by atoms with Gasteiger partial charge < -0.3 is 11.1 Å². The standard InChI is InChI=1S/C12H9BrClN3O/c13-8-6-16-11(15)5-7(8)12(18)17-10-4-2-1-3-9(10)14/h1-6H,(H2,15,16)(H,17,18). The van der Waals surface area contributed by atoms with Crippen molar-refractivity contribution in [2.24, 2.45) is 0 Å². The summed E-state index contributed by atoms with van der Waals surface area (Å²) in [6.45, 7) is 0. The fraction of sp³-hybridized carbons (Fsp3) is 0. The molecule has 3 N–H and O–H groups in total. The van der Waals surface area contributed by atoms with Gasteiger partial charge in [-0.15, -0.1) is 0 Å². The number of para-hydroxylation sites is 1. The average molecular weight is 327 g/mol. The molecule has 0 spiro atoms. The number of nitrogens with two attached hydrogens (primary N) is 1. The van der Waals surface area contributed by atoms with Crippen molar-refractivity contribution in [3.8, 4) is 0 Å². The summed E-state index contributed by atoms with van der Waals surface area (Å²) in [6.07, 6.45) is 1.48. The minimum absolute atomic E-state index is 0.280. The molecule has 0 fully saturated rings. The zero-order valence-electron chi connectivity index (χ0n) is 9.15. The van der Waals surface area contributed by atoms with Gasteiger partial charge in [-0.3, -0.25) is 4.79 Å². The van der Waals surface area contributed by atoms with Crippen LogP contribution in [0.3, 0.4) is 0 Å². The van der Waals surface area contributed by atoms with Gasteiger partial charge in [0.05, 0.1) is 16.3 Å². The number of pyridine rings is 1. The molecule has 18 heavy (non-hydrogen) atoms. The second kappa shape index (κ2) is 5.37. The third-order valence-corrected chi connectivity index (χ3v) is 3.20. The Labute approximate surface area is 117 Å². The number of nitrogens with zero attached hydrogens (tertiary/aromatic N) is 1. The van der Waals surface area contributed by atoms with Crippen molar-refractivity contribution in [2.45, 2.75) is 0 Å². The van der Waals surface area contributed by atoms with E-state index in [0.717, 1.165) is 0 Å². The van der Waals surface area contributed by atoms with Crippen LogP contribution in [0, 0.1) is 0 Å². The molecule has 92 valence electrons. The van der Waals surface area contributed by atoms with Gasteiger partial charge in [0.15, 0.2) is 0 Å². The van der Waals surface area contributed by atoms with Crippen LogP contribution >= 0.6 is 27.5 Å². The van der Waals surface area contributed by atoms with Crippen LogP contribution in [0.2, 0.25) is 5.02 Å². The first-order valence-electron chi connectivity index (χ1n) is 5.05. The Morgan fingerprint density at radius 3 is 2.83 bits per heavy atom. The summed E-state index contributed by atoms with van der Waals surface area (Å²) in [7, 11) is 0. The van der Waals surface area contributed by atoms with Crippen LogP contribution in [0.4, 0.5) is 11.5 Å². The number of rotatable bonds is 2. The summed E-state index contributed by atoms with van der Waals surface area (Å²) in [4.78, 5) is 15.9. The fourth-order valence-electron chi connectivity index (χ4n) is 1.38. The summed E-state index contributed by atoms with van der Waals surface area (Å²) < 4.78 is 0.571. The molecule has 0 bridgehead atoms. The van der Waals surface area contributed by atoms with Gasteiger partial charge in [0.2, 0.25) is 0 Å². The first-order valence-corrected chi connectivity index (χ1v) is 6.22. The van der Waals surface area contributed by atoms with Gasteiger partial charge in [0.1, 0.15) is 5.82 Å². The van der Waals surface area contributed by atoms with E-state index in [-0.39, 0.29) is 11.7 Å². The Morgan fingerprint density at radius 2 is 2.11 bits per heavy atom. The first-order chi connectivity index (χ1) is 8.58. The lowest BCUT2D eigenvalue weighted by molar-refractivity contribution is 0.102. The summed E-state index contributed by atoms with van der Waals surface area (Å²) in [5, 5.41) is 3.19. The second-order valence-electron chi connectivity index (χ2n) is 3.52. The third-order valence-electron chi connectivity index (χ3n) is 2.24. The van der Waals surface area contributed by atoms with Crippen molar-refractivity contribution < 1.29 is 4.79 Å². The molecule has 0 saturated heterocycles. The van der Waals surface area contributed by atoms with E-state index in [9.17, 15) is 4.79 Å². The number of benzene rings is 1. The van der Waals surface area contributed by atoms with Crippen molar-refractivity contribution in [2.75, 3.05) is 11.1 Å². The smallest absolute Gasteiger partial charge is 0.257 e. The number of nitrogens with one attached hydrogen (secondary N) is 1. The van der Waals surface area contributed by atoms with Gasteiger partial charge in [-0.05, 0) is 34.1 Å². The number of nitrogen functional groups attached to an aromatic ring is 1. The number of carbonyl (C=O) groups is 1. The molecule has 0 radical (unpaired) electrons. The molecule has 2 rings (SSSR count). The summed E-state index contributed by atoms with van der Waals surface area (Å²) in [6, 6.07) is 8.50. The molecule has 0 aliphatic carbocycles. The highest BCUT2D eigenvalue weighted by molar-refractivity contribution is 9.10. The summed E-state index contributed by atoms with van der Waals surface area (Å²) >= 11 is 9.21. The maximum Gasteiger partial charge on any atom is 0.257 e. The molecule has 4 nitrogen and oxygen atoms in total. The first kappa shape index (κ1) is 12.9. The number of anilines is 2. The van der Waals surface area contributed by atoms with E-state index in [0.29, 0.717) is 20.7 Å². The summed E-state index contributed by atoms with van der Waals surface area (Å²) in [5.74, 6) is -0.0217. The van der Waals surface area contributed by atoms with Crippen molar-refractivity contribution in [3.05, 3.63) is 51.6 Å². The Bertz CT molecular complexity index is 604. The normalized spacial score (nSPS) is 10.1. The van der Waals surface area contributed by atoms with Crippen LogP contribution in [0.25, 0.3) is 0 Å². The maximum absolute atomic E-state index is 12.1. The van der Waals surface area contributed by atoms with Crippen molar-refractivity contribution >= 4 is 44.9 Å². The average Bonchev–Trinajstić information content (AvgIpc) is 2.35. The van der Waals surface area contributed by atoms with Gasteiger partial charge in [0, 0.05) is 10.7 Å². The molecule has 6 heteroatoms. The van der Waals surface area contributed by atoms with E-state index in [1.54, 1.807) is 24.3 Å². The van der Waals surface area contributed by atoms with Crippen LogP contribution in [-0.2, 0) is 0 Å². The van der Waals surface area contributed by atoms with E-state index < -0.39 is 0 Å². The van der Waals surface area contributed by atoms with Crippen molar-refractivity contribution in [3.63, 3.8) is 0 Å². The molecule has 0 unspecified atom stereocenters. The number of carbonyl (C=O) groups excluding carboxylic acids is 1. The van der Waals surface area contributed by atoms with Crippen molar-refractivity contribution in [1.82, 2.24) is 4.98 Å². The monoisotopic (exact) mass is 325 g/mol. The number of hydrogen-bond donors (Lipinski definition) is 2. The van der Waals surface area contributed by atoms with Gasteiger partial charge in [-0.1, -0.05) is 23.7 Å². The highest BCUT2D eigenvalue weighted by Gasteiger charge is 2.12. The molecule has 1 aromatic carbocycles. The van der Waals surface area contributed by atoms with Crippen LogP contribution in [0.5, 0.6) is 0 Å². The lowest BCUT2D eigenvalue weighted by atomic mass is 10.2. The van der Waals surface area contributed by atoms with Crippen LogP contribution in [-0.4, -0.2) is 10.9 Å². The van der Waals surface area contributed by atoms with E-state index in [4.69, 9.17) is 17.3 Å². The fourth-order valence-corrected chi connectivity index (χ4v) is 1.96. The second-order valence-corrected chi connectivity index (χ2v) is 4.78. The quantitative estimate of drug-likeness (QED) is 0.889. The molecule has 0 aliphatic rings. The Balaban J connectivity index is 2.28. The zero-order chi connectivity index (χ0) is 13.1. The lowest BCUT2D eigenvalue weighted by Crippen LogP contribution is -2.13. The van der Waals surface area contributed by atoms with Crippen LogP contribution < -0.4 is 11.1 Å². The highest BCUT2D eigenvalue weighted by atomic mass is 79.9. The minimum Gasteiger partial charge on any atom is -0.384 e. The largest absolute Gasteiger partial charge is 0.384 e. The molecule has 2 aromatic rings. The number of aromatic nitrogens is 1. The molecule has 1 aromatic heterocycles. The number of halogens is 2. The minimum atomic E-state index is -0.302. The lowest BCUT2D eigenvalue weighted by Gasteiger charge is -2.08. The molecular formula is C12H9BrClN3O. The molecule has 0 aliphatic heterocycles. The molecule has 1 heterocycles. The number of hydrogen-bond acceptors (Lipinski definition) is 3. The van der Waals surface area contributed by atoms with E-state index in [1.165, 1.54) is 12.3 Å². The molecule has 0 saturated carbocycles. The van der Waals surface area contributed by atoms with Gasteiger partial charge >= 0.3 is 0 Å². The molecule has 0 atom stereocenters. The Kier molecular flexibility index (Phi) is 3.84. The van der Waals surface area contributed by atoms with Crippen LogP contribution in [0.1, 0.15) is 10.4 Å². The van der Waals surface area contributed by atoms with Crippen molar-refractivity contribution in [1.29, 1.82) is 0 Å². The predicted molar refractivity (Wildman–Crippen MR) is 75.8 cm³/mol. The zero-order valence-corrected chi connectivity index (χ0v) is 11.5. The topological polar surface area (TPSA) is 68.0 Å². The van der Waals surface area contributed by atoms with E-state index in [2.05, 4.69) is 26.2 Å². The predicted octanol–water partition coefficient (Wildman–Crippen LogP) is 3.33. The van der Waals surface area contributed by atoms with Gasteiger partial charge in [-0.25, -0.2) is 4.98 Å². The SMILES string of the molecule is Nc1cc(C(=O)Nc2ccccc2Cl)c(Br)cn1. The summed E-state index contributed by atoms with van der Waals surface area (Å²) in [5.41, 5.74) is 6.50.